The quantitative estimate of drug-likeness (QED) is 0.288. The minimum atomic E-state index is -1.02. The Labute approximate surface area is 215 Å². The monoisotopic (exact) mass is 515 g/mol. The normalized spacial score (nSPS) is 20.7. The molecule has 4 rings (SSSR count). The van der Waals surface area contributed by atoms with Gasteiger partial charge in [-0.25, -0.2) is 0 Å². The molecule has 1 atom stereocenters. The topological polar surface area (TPSA) is 138 Å². The van der Waals surface area contributed by atoms with Crippen LogP contribution in [0.4, 0.5) is 0 Å². The zero-order valence-electron chi connectivity index (χ0n) is 21.0. The number of carbonyl (C=O) groups excluding carboxylic acids is 5. The number of nitrogens with one attached hydrogen (secondary N) is 2. The Morgan fingerprint density at radius 3 is 2.59 bits per heavy atom. The Hall–Kier alpha value is -3.35. The maximum absolute atomic E-state index is 13.0. The van der Waals surface area contributed by atoms with Crippen LogP contribution in [0.2, 0.25) is 0 Å². The minimum absolute atomic E-state index is 0.0105. The molecular weight excluding hydrogens is 482 g/mol. The van der Waals surface area contributed by atoms with Crippen LogP contribution < -0.4 is 15.4 Å². The molecule has 1 unspecified atom stereocenters. The van der Waals surface area contributed by atoms with Crippen molar-refractivity contribution in [2.75, 3.05) is 66.1 Å². The van der Waals surface area contributed by atoms with Gasteiger partial charge in [0.2, 0.25) is 17.7 Å². The highest BCUT2D eigenvalue weighted by molar-refractivity contribution is 6.24. The van der Waals surface area contributed by atoms with E-state index in [1.165, 1.54) is 6.07 Å². The molecule has 1 aromatic carbocycles. The maximum Gasteiger partial charge on any atom is 0.266 e. The number of hydrogen-bond donors (Lipinski definition) is 2. The lowest BCUT2D eigenvalue weighted by Crippen LogP contribution is -2.54. The van der Waals surface area contributed by atoms with Crippen LogP contribution in [0, 0.1) is 0 Å². The van der Waals surface area contributed by atoms with Gasteiger partial charge >= 0.3 is 0 Å². The average Bonchev–Trinajstić information content (AvgIpc) is 3.13. The summed E-state index contributed by atoms with van der Waals surface area (Å²) in [7, 11) is 2.08. The van der Waals surface area contributed by atoms with Crippen molar-refractivity contribution in [2.24, 2.45) is 0 Å². The molecule has 0 saturated carbocycles. The molecule has 1 aromatic rings. The van der Waals surface area contributed by atoms with E-state index in [9.17, 15) is 24.0 Å². The molecule has 2 N–H and O–H groups in total. The van der Waals surface area contributed by atoms with Crippen molar-refractivity contribution in [2.45, 2.75) is 25.3 Å². The van der Waals surface area contributed by atoms with Crippen molar-refractivity contribution in [1.82, 2.24) is 25.3 Å². The predicted octanol–water partition coefficient (Wildman–Crippen LogP) is -0.763. The number of nitrogens with zero attached hydrogens (tertiary/aromatic N) is 3. The summed E-state index contributed by atoms with van der Waals surface area (Å²) in [4.78, 5) is 66.9. The van der Waals surface area contributed by atoms with Crippen LogP contribution in [0.3, 0.4) is 0 Å². The summed E-state index contributed by atoms with van der Waals surface area (Å²) in [5.41, 5.74) is 0.278. The molecule has 200 valence electrons. The molecule has 0 spiro atoms. The van der Waals surface area contributed by atoms with Gasteiger partial charge in [0.1, 0.15) is 18.4 Å². The van der Waals surface area contributed by atoms with Crippen LogP contribution in [-0.2, 0) is 19.1 Å². The number of piperazine rings is 1. The molecule has 0 radical (unpaired) electrons. The fourth-order valence-corrected chi connectivity index (χ4v) is 4.58. The van der Waals surface area contributed by atoms with E-state index in [0.717, 1.165) is 31.1 Å². The second-order valence-electron chi connectivity index (χ2n) is 9.37. The van der Waals surface area contributed by atoms with Crippen molar-refractivity contribution in [1.29, 1.82) is 0 Å². The third kappa shape index (κ3) is 6.51. The lowest BCUT2D eigenvalue weighted by molar-refractivity contribution is -0.136. The van der Waals surface area contributed by atoms with Crippen LogP contribution in [0.5, 0.6) is 5.75 Å². The number of fused-ring (bicyclic) bond motifs is 1. The van der Waals surface area contributed by atoms with Gasteiger partial charge < -0.3 is 19.7 Å². The van der Waals surface area contributed by atoms with Crippen LogP contribution in [0.25, 0.3) is 0 Å². The van der Waals surface area contributed by atoms with Gasteiger partial charge in [-0.1, -0.05) is 6.07 Å². The minimum Gasteiger partial charge on any atom is -0.490 e. The van der Waals surface area contributed by atoms with E-state index in [2.05, 4.69) is 27.5 Å². The van der Waals surface area contributed by atoms with E-state index in [4.69, 9.17) is 9.47 Å². The molecule has 12 heteroatoms. The molecule has 2 saturated heterocycles. The number of benzene rings is 1. The Morgan fingerprint density at radius 2 is 1.84 bits per heavy atom. The second kappa shape index (κ2) is 12.3. The second-order valence-corrected chi connectivity index (χ2v) is 9.37. The molecule has 0 aromatic heterocycles. The molecule has 3 aliphatic heterocycles. The number of likely N-dealkylation sites (N-methyl/N-ethyl adjacent to an activating group) is 1. The lowest BCUT2D eigenvalue weighted by atomic mass is 10.0. The Morgan fingerprint density at radius 1 is 1.05 bits per heavy atom. The zero-order chi connectivity index (χ0) is 26.4. The first-order chi connectivity index (χ1) is 17.8. The Balaban J connectivity index is 1.16. The van der Waals surface area contributed by atoms with Gasteiger partial charge in [-0.2, -0.15) is 0 Å². The van der Waals surface area contributed by atoms with Gasteiger partial charge in [0.05, 0.1) is 24.3 Å². The number of carbonyl (C=O) groups is 5. The van der Waals surface area contributed by atoms with Gasteiger partial charge in [0.25, 0.3) is 11.8 Å². The van der Waals surface area contributed by atoms with Crippen molar-refractivity contribution >= 4 is 29.5 Å². The lowest BCUT2D eigenvalue weighted by Gasteiger charge is -2.31. The van der Waals surface area contributed by atoms with E-state index in [-0.39, 0.29) is 48.8 Å². The molecule has 0 bridgehead atoms. The number of hydrogen-bond acceptors (Lipinski definition) is 9. The third-order valence-corrected chi connectivity index (χ3v) is 6.67. The van der Waals surface area contributed by atoms with E-state index >= 15 is 0 Å². The highest BCUT2D eigenvalue weighted by atomic mass is 16.5. The van der Waals surface area contributed by atoms with Gasteiger partial charge in [-0.15, -0.1) is 0 Å². The van der Waals surface area contributed by atoms with Gasteiger partial charge in [-0.3, -0.25) is 39.1 Å². The predicted molar refractivity (Wildman–Crippen MR) is 131 cm³/mol. The van der Waals surface area contributed by atoms with Crippen molar-refractivity contribution in [3.05, 3.63) is 29.3 Å². The largest absolute Gasteiger partial charge is 0.490 e. The van der Waals surface area contributed by atoms with Crippen LogP contribution in [-0.4, -0.2) is 116 Å². The number of piperidine rings is 1. The first kappa shape index (κ1) is 26.7. The summed E-state index contributed by atoms with van der Waals surface area (Å²) in [5.74, 6) is -2.02. The number of ether oxygens (including phenoxy) is 2. The molecular formula is C25H33N5O7. The third-order valence-electron chi connectivity index (χ3n) is 6.67. The summed E-state index contributed by atoms with van der Waals surface area (Å²) in [6, 6.07) is 3.69. The fourth-order valence-electron chi connectivity index (χ4n) is 4.58. The molecule has 12 nitrogen and oxygen atoms in total. The Bertz CT molecular complexity index is 1050. The first-order valence-electron chi connectivity index (χ1n) is 12.6. The highest BCUT2D eigenvalue weighted by Crippen LogP contribution is 2.33. The average molecular weight is 516 g/mol. The number of amides is 5. The van der Waals surface area contributed by atoms with Crippen LogP contribution >= 0.6 is 0 Å². The summed E-state index contributed by atoms with van der Waals surface area (Å²) in [5, 5.41) is 5.08. The fraction of sp³-hybridized carbons (Fsp3) is 0.560. The van der Waals surface area contributed by atoms with E-state index < -0.39 is 29.7 Å². The summed E-state index contributed by atoms with van der Waals surface area (Å²) < 4.78 is 11.3. The molecule has 37 heavy (non-hydrogen) atoms. The first-order valence-corrected chi connectivity index (χ1v) is 12.6. The van der Waals surface area contributed by atoms with E-state index in [1.54, 1.807) is 12.1 Å². The summed E-state index contributed by atoms with van der Waals surface area (Å²) in [6.07, 6.45) is 0.810. The number of imide groups is 2. The van der Waals surface area contributed by atoms with E-state index in [0.29, 0.717) is 26.1 Å². The SMILES string of the molecule is CN1CCN(CC(=O)NCCCOCCOc2cccc3c2C(=O)N(C2CCC(=O)NC2=O)C3=O)CC1. The molecule has 2 fully saturated rings. The molecule has 3 aliphatic rings. The van der Waals surface area contributed by atoms with Crippen LogP contribution in [0.15, 0.2) is 18.2 Å². The molecule has 0 aliphatic carbocycles. The molecule has 5 amide bonds. The van der Waals surface area contributed by atoms with Crippen LogP contribution in [0.1, 0.15) is 40.0 Å². The van der Waals surface area contributed by atoms with Crippen molar-refractivity contribution < 1.29 is 33.4 Å². The summed E-state index contributed by atoms with van der Waals surface area (Å²) in [6.45, 7) is 5.52. The number of rotatable bonds is 11. The smallest absolute Gasteiger partial charge is 0.266 e. The van der Waals surface area contributed by atoms with Crippen molar-refractivity contribution in [3.8, 4) is 5.75 Å². The standard InChI is InChI=1S/C25H33N5O7/c1-28-9-11-29(12-10-28)16-21(32)26-8-3-13-36-14-15-37-19-5-2-4-17-22(19)25(35)30(24(17)34)18-6-7-20(31)27-23(18)33/h2,4-5,18H,3,6-16H2,1H3,(H,26,32)(H,27,31,33). The maximum atomic E-state index is 13.0. The van der Waals surface area contributed by atoms with Gasteiger partial charge in [0, 0.05) is 45.8 Å². The molecule has 3 heterocycles. The van der Waals surface area contributed by atoms with Gasteiger partial charge in [-0.05, 0) is 32.0 Å². The Kier molecular flexibility index (Phi) is 8.85. The highest BCUT2D eigenvalue weighted by Gasteiger charge is 2.46. The summed E-state index contributed by atoms with van der Waals surface area (Å²) >= 11 is 0. The van der Waals surface area contributed by atoms with E-state index in [1.807, 2.05) is 0 Å². The van der Waals surface area contributed by atoms with Crippen molar-refractivity contribution in [3.63, 3.8) is 0 Å². The zero-order valence-corrected chi connectivity index (χ0v) is 21.0. The van der Waals surface area contributed by atoms with Gasteiger partial charge in [0.15, 0.2) is 0 Å².